The summed E-state index contributed by atoms with van der Waals surface area (Å²) in [5, 5.41) is 5.02. The molecule has 3 rings (SSSR count). The van der Waals surface area contributed by atoms with Gasteiger partial charge in [-0.25, -0.2) is 4.98 Å². The Bertz CT molecular complexity index is 831. The third-order valence-electron chi connectivity index (χ3n) is 3.59. The van der Waals surface area contributed by atoms with Gasteiger partial charge in [-0.2, -0.15) is 0 Å². The molecule has 1 aromatic heterocycles. The SMILES string of the molecule is COc1ccc(CNC(=O)COc2ccc3ccccc3c2)cn1. The van der Waals surface area contributed by atoms with Gasteiger partial charge in [-0.3, -0.25) is 4.79 Å². The molecule has 0 aliphatic carbocycles. The summed E-state index contributed by atoms with van der Waals surface area (Å²) in [4.78, 5) is 16.0. The minimum absolute atomic E-state index is 0.0259. The van der Waals surface area contributed by atoms with Crippen molar-refractivity contribution in [1.82, 2.24) is 10.3 Å². The first-order valence-corrected chi connectivity index (χ1v) is 7.62. The molecule has 5 nitrogen and oxygen atoms in total. The number of nitrogens with one attached hydrogen (secondary N) is 1. The van der Waals surface area contributed by atoms with Gasteiger partial charge in [0.15, 0.2) is 6.61 Å². The summed E-state index contributed by atoms with van der Waals surface area (Å²) in [6.07, 6.45) is 1.67. The number of aromatic nitrogens is 1. The van der Waals surface area contributed by atoms with E-state index in [1.807, 2.05) is 48.5 Å². The molecule has 5 heteroatoms. The van der Waals surface area contributed by atoms with Gasteiger partial charge in [-0.05, 0) is 28.5 Å². The quantitative estimate of drug-likeness (QED) is 0.758. The summed E-state index contributed by atoms with van der Waals surface area (Å²) in [6, 6.07) is 17.4. The Morgan fingerprint density at radius 2 is 1.92 bits per heavy atom. The summed E-state index contributed by atoms with van der Waals surface area (Å²) in [7, 11) is 1.56. The van der Waals surface area contributed by atoms with Crippen LogP contribution < -0.4 is 14.8 Å². The van der Waals surface area contributed by atoms with Crippen LogP contribution in [0.25, 0.3) is 10.8 Å². The van der Waals surface area contributed by atoms with Gasteiger partial charge in [0.05, 0.1) is 7.11 Å². The Labute approximate surface area is 140 Å². The van der Waals surface area contributed by atoms with E-state index in [1.165, 1.54) is 0 Å². The van der Waals surface area contributed by atoms with E-state index in [2.05, 4.69) is 10.3 Å². The molecule has 24 heavy (non-hydrogen) atoms. The number of pyridine rings is 1. The van der Waals surface area contributed by atoms with E-state index in [4.69, 9.17) is 9.47 Å². The maximum Gasteiger partial charge on any atom is 0.258 e. The summed E-state index contributed by atoms with van der Waals surface area (Å²) >= 11 is 0. The normalized spacial score (nSPS) is 10.4. The number of carbonyl (C=O) groups is 1. The van der Waals surface area contributed by atoms with Gasteiger partial charge in [0.2, 0.25) is 5.88 Å². The molecule has 0 bridgehead atoms. The second-order valence-electron chi connectivity index (χ2n) is 5.28. The van der Waals surface area contributed by atoms with E-state index in [0.717, 1.165) is 16.3 Å². The summed E-state index contributed by atoms with van der Waals surface area (Å²) < 4.78 is 10.5. The lowest BCUT2D eigenvalue weighted by atomic mass is 10.1. The first-order chi connectivity index (χ1) is 11.7. The lowest BCUT2D eigenvalue weighted by Crippen LogP contribution is -2.28. The van der Waals surface area contributed by atoms with Crippen LogP contribution in [0.5, 0.6) is 11.6 Å². The molecule has 0 unspecified atom stereocenters. The molecule has 0 aliphatic rings. The zero-order valence-electron chi connectivity index (χ0n) is 13.4. The number of methoxy groups -OCH3 is 1. The molecule has 0 atom stereocenters. The van der Waals surface area contributed by atoms with Crippen molar-refractivity contribution >= 4 is 16.7 Å². The van der Waals surface area contributed by atoms with E-state index >= 15 is 0 Å². The van der Waals surface area contributed by atoms with Gasteiger partial charge in [0.25, 0.3) is 5.91 Å². The van der Waals surface area contributed by atoms with Crippen molar-refractivity contribution in [3.63, 3.8) is 0 Å². The molecule has 0 aliphatic heterocycles. The third kappa shape index (κ3) is 4.01. The lowest BCUT2D eigenvalue weighted by Gasteiger charge is -2.08. The molecule has 122 valence electrons. The zero-order chi connectivity index (χ0) is 16.8. The Balaban J connectivity index is 1.50. The van der Waals surface area contributed by atoms with Crippen LogP contribution in [0.15, 0.2) is 60.8 Å². The minimum atomic E-state index is -0.182. The number of rotatable bonds is 6. The van der Waals surface area contributed by atoms with Crippen LogP contribution in [0.1, 0.15) is 5.56 Å². The van der Waals surface area contributed by atoms with Crippen molar-refractivity contribution in [1.29, 1.82) is 0 Å². The number of nitrogens with zero attached hydrogens (tertiary/aromatic N) is 1. The predicted octanol–water partition coefficient (Wildman–Crippen LogP) is 2.94. The highest BCUT2D eigenvalue weighted by molar-refractivity contribution is 5.84. The average Bonchev–Trinajstić information content (AvgIpc) is 2.65. The van der Waals surface area contributed by atoms with E-state index < -0.39 is 0 Å². The van der Waals surface area contributed by atoms with Crippen LogP contribution in [0, 0.1) is 0 Å². The first kappa shape index (κ1) is 15.8. The Hall–Kier alpha value is -3.08. The molecule has 1 amide bonds. The summed E-state index contributed by atoms with van der Waals surface area (Å²) in [5.41, 5.74) is 0.898. The molecular formula is C19H18N2O3. The number of carbonyl (C=O) groups excluding carboxylic acids is 1. The highest BCUT2D eigenvalue weighted by atomic mass is 16.5. The second kappa shape index (κ2) is 7.46. The van der Waals surface area contributed by atoms with Gasteiger partial charge in [0.1, 0.15) is 5.75 Å². The van der Waals surface area contributed by atoms with Crippen LogP contribution >= 0.6 is 0 Å². The molecule has 0 radical (unpaired) electrons. The average molecular weight is 322 g/mol. The smallest absolute Gasteiger partial charge is 0.258 e. The van der Waals surface area contributed by atoms with Crippen molar-refractivity contribution in [3.05, 3.63) is 66.4 Å². The van der Waals surface area contributed by atoms with Gasteiger partial charge in [-0.15, -0.1) is 0 Å². The Kier molecular flexibility index (Phi) is 4.91. The van der Waals surface area contributed by atoms with Crippen LogP contribution in [-0.4, -0.2) is 24.6 Å². The molecule has 0 spiro atoms. The number of hydrogen-bond donors (Lipinski definition) is 1. The molecule has 3 aromatic rings. The van der Waals surface area contributed by atoms with E-state index in [-0.39, 0.29) is 12.5 Å². The summed E-state index contributed by atoms with van der Waals surface area (Å²) in [5.74, 6) is 1.04. The predicted molar refractivity (Wildman–Crippen MR) is 92.1 cm³/mol. The van der Waals surface area contributed by atoms with Crippen LogP contribution in [0.2, 0.25) is 0 Å². The third-order valence-corrected chi connectivity index (χ3v) is 3.59. The standard InChI is InChI=1S/C19H18N2O3/c1-23-19-9-6-14(12-21-19)11-20-18(22)13-24-17-8-7-15-4-2-3-5-16(15)10-17/h2-10,12H,11,13H2,1H3,(H,20,22). The number of benzene rings is 2. The van der Waals surface area contributed by atoms with Gasteiger partial charge in [0, 0.05) is 18.8 Å². The van der Waals surface area contributed by atoms with Crippen molar-refractivity contribution in [2.45, 2.75) is 6.54 Å². The number of hydrogen-bond acceptors (Lipinski definition) is 4. The van der Waals surface area contributed by atoms with Crippen LogP contribution in [0.3, 0.4) is 0 Å². The lowest BCUT2D eigenvalue weighted by molar-refractivity contribution is -0.123. The Morgan fingerprint density at radius 3 is 2.67 bits per heavy atom. The molecule has 2 aromatic carbocycles. The van der Waals surface area contributed by atoms with Crippen LogP contribution in [-0.2, 0) is 11.3 Å². The molecule has 1 heterocycles. The molecule has 0 saturated carbocycles. The number of amides is 1. The fourth-order valence-electron chi connectivity index (χ4n) is 2.29. The topological polar surface area (TPSA) is 60.5 Å². The van der Waals surface area contributed by atoms with E-state index in [9.17, 15) is 4.79 Å². The van der Waals surface area contributed by atoms with Gasteiger partial charge >= 0.3 is 0 Å². The fraction of sp³-hybridized carbons (Fsp3) is 0.158. The van der Waals surface area contributed by atoms with E-state index in [0.29, 0.717) is 18.2 Å². The van der Waals surface area contributed by atoms with E-state index in [1.54, 1.807) is 19.4 Å². The minimum Gasteiger partial charge on any atom is -0.484 e. The Morgan fingerprint density at radius 1 is 1.08 bits per heavy atom. The monoisotopic (exact) mass is 322 g/mol. The largest absolute Gasteiger partial charge is 0.484 e. The molecule has 0 fully saturated rings. The maximum absolute atomic E-state index is 11.9. The second-order valence-corrected chi connectivity index (χ2v) is 5.28. The number of ether oxygens (including phenoxy) is 2. The molecule has 0 saturated heterocycles. The fourth-order valence-corrected chi connectivity index (χ4v) is 2.29. The highest BCUT2D eigenvalue weighted by Gasteiger charge is 2.04. The van der Waals surface area contributed by atoms with Crippen molar-refractivity contribution in [2.75, 3.05) is 13.7 Å². The highest BCUT2D eigenvalue weighted by Crippen LogP contribution is 2.20. The van der Waals surface area contributed by atoms with Crippen LogP contribution in [0.4, 0.5) is 0 Å². The molecular weight excluding hydrogens is 304 g/mol. The zero-order valence-corrected chi connectivity index (χ0v) is 13.4. The van der Waals surface area contributed by atoms with Crippen molar-refractivity contribution in [3.8, 4) is 11.6 Å². The molecule has 1 N–H and O–H groups in total. The van der Waals surface area contributed by atoms with Crippen molar-refractivity contribution < 1.29 is 14.3 Å². The first-order valence-electron chi connectivity index (χ1n) is 7.62. The number of fused-ring (bicyclic) bond motifs is 1. The van der Waals surface area contributed by atoms with Crippen molar-refractivity contribution in [2.24, 2.45) is 0 Å². The summed E-state index contributed by atoms with van der Waals surface area (Å²) in [6.45, 7) is 0.374. The van der Waals surface area contributed by atoms with Gasteiger partial charge < -0.3 is 14.8 Å². The maximum atomic E-state index is 11.9. The van der Waals surface area contributed by atoms with Gasteiger partial charge in [-0.1, -0.05) is 36.4 Å².